The van der Waals surface area contributed by atoms with Gasteiger partial charge >= 0.3 is 5.97 Å². The van der Waals surface area contributed by atoms with Crippen LogP contribution >= 0.6 is 45.2 Å². The number of hydrogen-bond acceptors (Lipinski definition) is 4. The van der Waals surface area contributed by atoms with E-state index >= 15 is 0 Å². The molecule has 0 heterocycles. The highest BCUT2D eigenvalue weighted by molar-refractivity contribution is 14.1. The maximum atomic E-state index is 12.7. The third kappa shape index (κ3) is 6.80. The molecule has 0 bridgehead atoms. The van der Waals surface area contributed by atoms with Crippen molar-refractivity contribution in [2.24, 2.45) is 0 Å². The quantitative estimate of drug-likeness (QED) is 0.174. The lowest BCUT2D eigenvalue weighted by Crippen LogP contribution is -2.27. The van der Waals surface area contributed by atoms with Crippen LogP contribution in [0.2, 0.25) is 0 Å². The van der Waals surface area contributed by atoms with Gasteiger partial charge in [0, 0.05) is 0 Å². The molecule has 34 heavy (non-hydrogen) atoms. The lowest BCUT2D eigenvalue weighted by molar-refractivity contribution is -0.117. The number of aromatic carboxylic acids is 1. The average molecular weight is 678 g/mol. The number of benzene rings is 3. The smallest absolute Gasteiger partial charge is 0.335 e. The largest absolute Gasteiger partial charge is 0.487 e. The number of carbonyl (C=O) groups is 2. The van der Waals surface area contributed by atoms with E-state index in [1.807, 2.05) is 55.5 Å². The van der Waals surface area contributed by atoms with Gasteiger partial charge in [-0.3, -0.25) is 4.79 Å². The summed E-state index contributed by atoms with van der Waals surface area (Å²) in [5, 5.41) is 21.4. The molecule has 6 nitrogen and oxygen atoms in total. The first-order chi connectivity index (χ1) is 16.3. The van der Waals surface area contributed by atoms with E-state index in [-0.39, 0.29) is 23.8 Å². The monoisotopic (exact) mass is 678 g/mol. The van der Waals surface area contributed by atoms with Gasteiger partial charge in [-0.1, -0.05) is 42.5 Å². The van der Waals surface area contributed by atoms with Crippen LogP contribution in [0.5, 0.6) is 5.75 Å². The first-order valence-corrected chi connectivity index (χ1v) is 12.4. The molecular weight excluding hydrogens is 658 g/mol. The lowest BCUT2D eigenvalue weighted by atomic mass is 10.1. The second-order valence-corrected chi connectivity index (χ2v) is 9.70. The molecule has 3 aromatic rings. The number of carboxylic acids is 1. The summed E-state index contributed by atoms with van der Waals surface area (Å²) >= 11 is 4.30. The fourth-order valence-electron chi connectivity index (χ4n) is 3.11. The van der Waals surface area contributed by atoms with E-state index in [9.17, 15) is 14.9 Å². The minimum atomic E-state index is -0.972. The van der Waals surface area contributed by atoms with Gasteiger partial charge in [-0.25, -0.2) is 4.79 Å². The maximum absolute atomic E-state index is 12.7. The molecular formula is C26H20I2N2O4. The van der Waals surface area contributed by atoms with Crippen molar-refractivity contribution in [3.8, 4) is 11.8 Å². The molecule has 0 radical (unpaired) electrons. The molecule has 0 spiro atoms. The van der Waals surface area contributed by atoms with Gasteiger partial charge in [0.15, 0.2) is 0 Å². The van der Waals surface area contributed by atoms with Crippen molar-refractivity contribution in [3.05, 3.63) is 102 Å². The summed E-state index contributed by atoms with van der Waals surface area (Å²) in [4.78, 5) is 23.6. The Labute approximate surface area is 224 Å². The number of carboxylic acid groups (broad SMARTS) is 1. The van der Waals surface area contributed by atoms with Crippen LogP contribution in [-0.4, -0.2) is 17.0 Å². The van der Waals surface area contributed by atoms with E-state index in [4.69, 9.17) is 9.84 Å². The Bertz CT molecular complexity index is 1240. The molecule has 1 amide bonds. The van der Waals surface area contributed by atoms with Gasteiger partial charge in [0.05, 0.1) is 18.7 Å². The fraction of sp³-hybridized carbons (Fsp3) is 0.115. The number of rotatable bonds is 8. The number of halogens is 2. The van der Waals surface area contributed by atoms with E-state index in [2.05, 4.69) is 50.5 Å². The maximum Gasteiger partial charge on any atom is 0.335 e. The second-order valence-electron chi connectivity index (χ2n) is 7.38. The Kier molecular flexibility index (Phi) is 9.06. The van der Waals surface area contributed by atoms with Crippen molar-refractivity contribution < 1.29 is 19.4 Å². The molecule has 0 aromatic heterocycles. The Morgan fingerprint density at radius 2 is 1.71 bits per heavy atom. The summed E-state index contributed by atoms with van der Waals surface area (Å²) in [5.74, 6) is -0.726. The molecule has 0 aliphatic rings. The van der Waals surface area contributed by atoms with Crippen molar-refractivity contribution in [2.45, 2.75) is 19.6 Å². The average Bonchev–Trinajstić information content (AvgIpc) is 2.82. The lowest BCUT2D eigenvalue weighted by Gasteiger charge is -2.14. The molecule has 0 aliphatic heterocycles. The van der Waals surface area contributed by atoms with Gasteiger partial charge in [-0.15, -0.1) is 0 Å². The van der Waals surface area contributed by atoms with Crippen molar-refractivity contribution in [1.82, 2.24) is 5.32 Å². The number of amides is 1. The molecule has 0 unspecified atom stereocenters. The molecule has 0 saturated heterocycles. The Morgan fingerprint density at radius 1 is 1.09 bits per heavy atom. The van der Waals surface area contributed by atoms with E-state index in [1.54, 1.807) is 18.2 Å². The number of carbonyl (C=O) groups excluding carboxylic acids is 1. The number of hydrogen-bond donors (Lipinski definition) is 2. The van der Waals surface area contributed by atoms with Crippen LogP contribution < -0.4 is 10.1 Å². The van der Waals surface area contributed by atoms with Gasteiger partial charge < -0.3 is 15.2 Å². The summed E-state index contributed by atoms with van der Waals surface area (Å²) in [6.45, 7) is 2.15. The summed E-state index contributed by atoms with van der Waals surface area (Å²) in [6.07, 6.45) is 1.56. The highest BCUT2D eigenvalue weighted by atomic mass is 127. The summed E-state index contributed by atoms with van der Waals surface area (Å²) in [6, 6.07) is 21.5. The zero-order chi connectivity index (χ0) is 24.7. The minimum Gasteiger partial charge on any atom is -0.487 e. The summed E-state index contributed by atoms with van der Waals surface area (Å²) < 4.78 is 7.62. The van der Waals surface area contributed by atoms with Crippen LogP contribution in [0.25, 0.3) is 6.08 Å². The van der Waals surface area contributed by atoms with Crippen LogP contribution in [0.3, 0.4) is 0 Å². The third-order valence-corrected chi connectivity index (χ3v) is 6.53. The Morgan fingerprint density at radius 3 is 2.26 bits per heavy atom. The predicted octanol–water partition coefficient (Wildman–Crippen LogP) is 5.96. The van der Waals surface area contributed by atoms with Crippen molar-refractivity contribution in [1.29, 1.82) is 5.26 Å². The van der Waals surface area contributed by atoms with Crippen molar-refractivity contribution in [3.63, 3.8) is 0 Å². The fourth-order valence-corrected chi connectivity index (χ4v) is 5.24. The van der Waals surface area contributed by atoms with Crippen LogP contribution in [0, 0.1) is 18.5 Å². The van der Waals surface area contributed by atoms with E-state index < -0.39 is 11.9 Å². The Balaban J connectivity index is 1.72. The zero-order valence-electron chi connectivity index (χ0n) is 18.1. The van der Waals surface area contributed by atoms with Crippen LogP contribution in [-0.2, 0) is 11.4 Å². The Hall–Kier alpha value is -2.91. The topological polar surface area (TPSA) is 99.4 Å². The van der Waals surface area contributed by atoms with E-state index in [0.717, 1.165) is 18.3 Å². The number of nitriles is 1. The van der Waals surface area contributed by atoms with Gasteiger partial charge in [-0.05, 0) is 99.1 Å². The van der Waals surface area contributed by atoms with E-state index in [0.29, 0.717) is 11.3 Å². The normalized spacial score (nSPS) is 11.9. The van der Waals surface area contributed by atoms with E-state index in [1.165, 1.54) is 12.1 Å². The SMILES string of the molecule is C[C@H](NC(=O)/C(C#N)=C\c1cc(I)c(OCc2ccc(C(=O)O)cc2)c(I)c1)c1ccccc1. The molecule has 172 valence electrons. The molecule has 8 heteroatoms. The number of nitrogens with zero attached hydrogens (tertiary/aromatic N) is 1. The molecule has 3 rings (SSSR count). The summed E-state index contributed by atoms with van der Waals surface area (Å²) in [7, 11) is 0. The first kappa shape index (κ1) is 25.7. The van der Waals surface area contributed by atoms with Crippen molar-refractivity contribution >= 4 is 63.1 Å². The second kappa shape index (κ2) is 12.0. The molecule has 0 fully saturated rings. The highest BCUT2D eigenvalue weighted by Crippen LogP contribution is 2.30. The number of ether oxygens (including phenoxy) is 1. The molecule has 1 atom stereocenters. The summed E-state index contributed by atoms with van der Waals surface area (Å²) in [5.41, 5.74) is 2.75. The first-order valence-electron chi connectivity index (χ1n) is 10.2. The van der Waals surface area contributed by atoms with Gasteiger partial charge in [0.25, 0.3) is 5.91 Å². The number of nitrogens with one attached hydrogen (secondary N) is 1. The van der Waals surface area contributed by atoms with Crippen LogP contribution in [0.4, 0.5) is 0 Å². The van der Waals surface area contributed by atoms with Crippen LogP contribution in [0.15, 0.2) is 72.3 Å². The molecule has 3 aromatic carbocycles. The molecule has 0 saturated carbocycles. The van der Waals surface area contributed by atoms with Crippen LogP contribution in [0.1, 0.15) is 40.0 Å². The minimum absolute atomic E-state index is 0.0153. The van der Waals surface area contributed by atoms with Gasteiger partial charge in [0.2, 0.25) is 0 Å². The predicted molar refractivity (Wildman–Crippen MR) is 146 cm³/mol. The standard InChI is InChI=1S/C26H20I2N2O4/c1-16(19-5-3-2-4-6-19)30-25(31)21(14-29)11-18-12-22(27)24(23(28)13-18)34-15-17-7-9-20(10-8-17)26(32)33/h2-13,16H,15H2,1H3,(H,30,31)(H,32,33)/b21-11-/t16-/m0/s1. The molecule has 0 aliphatic carbocycles. The van der Waals surface area contributed by atoms with Gasteiger partial charge in [0.1, 0.15) is 24.0 Å². The van der Waals surface area contributed by atoms with Gasteiger partial charge in [-0.2, -0.15) is 5.26 Å². The molecule has 2 N–H and O–H groups in total. The van der Waals surface area contributed by atoms with Crippen molar-refractivity contribution in [2.75, 3.05) is 0 Å². The third-order valence-electron chi connectivity index (χ3n) is 4.93. The zero-order valence-corrected chi connectivity index (χ0v) is 22.4. The highest BCUT2D eigenvalue weighted by Gasteiger charge is 2.15.